The van der Waals surface area contributed by atoms with Gasteiger partial charge in [0.1, 0.15) is 11.6 Å². The summed E-state index contributed by atoms with van der Waals surface area (Å²) in [7, 11) is -2.34. The van der Waals surface area contributed by atoms with Crippen molar-refractivity contribution in [2.24, 2.45) is 0 Å². The molecule has 0 spiro atoms. The van der Waals surface area contributed by atoms with Gasteiger partial charge in [-0.2, -0.15) is 0 Å². The van der Waals surface area contributed by atoms with Crippen molar-refractivity contribution < 1.29 is 26.7 Å². The van der Waals surface area contributed by atoms with Gasteiger partial charge in [0.2, 0.25) is 15.9 Å². The van der Waals surface area contributed by atoms with E-state index in [-0.39, 0.29) is 42.2 Å². The fraction of sp³-hybridized carbons (Fsp3) is 0.435. The summed E-state index contributed by atoms with van der Waals surface area (Å²) in [6.07, 6.45) is 2.23. The van der Waals surface area contributed by atoms with Gasteiger partial charge in [0.05, 0.1) is 11.0 Å². The van der Waals surface area contributed by atoms with E-state index >= 15 is 0 Å². The smallest absolute Gasteiger partial charge is 0.242 e. The predicted octanol–water partition coefficient (Wildman–Crippen LogP) is 3.57. The van der Waals surface area contributed by atoms with Crippen molar-refractivity contribution in [2.45, 2.75) is 43.2 Å². The molecule has 0 saturated carbocycles. The topological polar surface area (TPSA) is 66.9 Å². The number of rotatable bonds is 10. The van der Waals surface area contributed by atoms with Crippen LogP contribution < -0.4 is 0 Å². The molecule has 1 aliphatic rings. The first-order valence-electron chi connectivity index (χ1n) is 10.6. The quantitative estimate of drug-likeness (QED) is 0.537. The third-order valence-electron chi connectivity index (χ3n) is 5.45. The van der Waals surface area contributed by atoms with Crippen LogP contribution in [0, 0.1) is 11.6 Å². The number of carbonyl (C=O) groups is 1. The molecule has 9 heteroatoms. The molecule has 1 fully saturated rings. The Bertz CT molecular complexity index is 1010. The maximum Gasteiger partial charge on any atom is 0.242 e. The molecule has 174 valence electrons. The number of sulfonamides is 1. The minimum atomic E-state index is -3.77. The van der Waals surface area contributed by atoms with Crippen LogP contribution in [-0.2, 0) is 26.1 Å². The fourth-order valence-corrected chi connectivity index (χ4v) is 4.87. The summed E-state index contributed by atoms with van der Waals surface area (Å²) < 4.78 is 58.7. The molecular weight excluding hydrogens is 438 g/mol. The number of amides is 1. The first-order chi connectivity index (χ1) is 15.3. The van der Waals surface area contributed by atoms with E-state index in [9.17, 15) is 22.0 Å². The lowest BCUT2D eigenvalue weighted by Crippen LogP contribution is -2.37. The highest BCUT2D eigenvalue weighted by molar-refractivity contribution is 7.89. The molecule has 1 heterocycles. The van der Waals surface area contributed by atoms with Crippen molar-refractivity contribution in [3.05, 3.63) is 65.7 Å². The highest BCUT2D eigenvalue weighted by Crippen LogP contribution is 2.18. The first kappa shape index (κ1) is 24.3. The van der Waals surface area contributed by atoms with Gasteiger partial charge in [-0.1, -0.05) is 12.1 Å². The second-order valence-corrected chi connectivity index (χ2v) is 9.97. The summed E-state index contributed by atoms with van der Waals surface area (Å²) in [6, 6.07) is 10.8. The molecule has 0 N–H and O–H groups in total. The van der Waals surface area contributed by atoms with Gasteiger partial charge in [-0.15, -0.1) is 0 Å². The normalized spacial score (nSPS) is 16.4. The SMILES string of the molecule is CN(CCCC(=O)N(Cc1cccc(F)c1)CC1CCCO1)S(=O)(=O)c1ccc(F)cc1. The molecule has 3 rings (SSSR count). The monoisotopic (exact) mass is 466 g/mol. The van der Waals surface area contributed by atoms with Crippen LogP contribution in [0.5, 0.6) is 0 Å². The van der Waals surface area contributed by atoms with Crippen molar-refractivity contribution in [1.82, 2.24) is 9.21 Å². The van der Waals surface area contributed by atoms with Gasteiger partial charge in [0, 0.05) is 39.7 Å². The van der Waals surface area contributed by atoms with Crippen LogP contribution in [0.4, 0.5) is 8.78 Å². The Morgan fingerprint density at radius 3 is 2.53 bits per heavy atom. The van der Waals surface area contributed by atoms with Crippen molar-refractivity contribution in [1.29, 1.82) is 0 Å². The zero-order valence-electron chi connectivity index (χ0n) is 18.0. The highest BCUT2D eigenvalue weighted by atomic mass is 32.2. The second kappa shape index (κ2) is 11.0. The number of hydrogen-bond donors (Lipinski definition) is 0. The Morgan fingerprint density at radius 1 is 1.12 bits per heavy atom. The Hall–Kier alpha value is -2.36. The summed E-state index contributed by atoms with van der Waals surface area (Å²) in [5, 5.41) is 0. The number of benzene rings is 2. The molecule has 0 aliphatic carbocycles. The Labute approximate surface area is 187 Å². The van der Waals surface area contributed by atoms with Crippen molar-refractivity contribution in [3.8, 4) is 0 Å². The van der Waals surface area contributed by atoms with Gasteiger partial charge >= 0.3 is 0 Å². The Morgan fingerprint density at radius 2 is 1.88 bits per heavy atom. The van der Waals surface area contributed by atoms with E-state index in [1.165, 1.54) is 31.3 Å². The van der Waals surface area contributed by atoms with Crippen LogP contribution >= 0.6 is 0 Å². The maximum absolute atomic E-state index is 13.6. The van der Waals surface area contributed by atoms with Crippen LogP contribution in [0.1, 0.15) is 31.2 Å². The summed E-state index contributed by atoms with van der Waals surface area (Å²) in [5.74, 6) is -1.01. The van der Waals surface area contributed by atoms with Gasteiger partial charge in [-0.3, -0.25) is 4.79 Å². The van der Waals surface area contributed by atoms with E-state index < -0.39 is 15.8 Å². The van der Waals surface area contributed by atoms with Crippen molar-refractivity contribution in [2.75, 3.05) is 26.7 Å². The molecule has 32 heavy (non-hydrogen) atoms. The average Bonchev–Trinajstić information content (AvgIpc) is 3.26. The molecule has 2 aromatic rings. The molecule has 2 aromatic carbocycles. The number of hydrogen-bond acceptors (Lipinski definition) is 4. The molecule has 6 nitrogen and oxygen atoms in total. The molecule has 1 atom stereocenters. The highest BCUT2D eigenvalue weighted by Gasteiger charge is 2.24. The number of carbonyl (C=O) groups excluding carboxylic acids is 1. The molecule has 1 amide bonds. The lowest BCUT2D eigenvalue weighted by atomic mass is 10.1. The van der Waals surface area contributed by atoms with Crippen LogP contribution in [0.25, 0.3) is 0 Å². The van der Waals surface area contributed by atoms with E-state index in [4.69, 9.17) is 4.74 Å². The maximum atomic E-state index is 13.6. The van der Waals surface area contributed by atoms with Gasteiger partial charge in [-0.25, -0.2) is 21.5 Å². The summed E-state index contributed by atoms with van der Waals surface area (Å²) in [4.78, 5) is 14.6. The minimum Gasteiger partial charge on any atom is -0.376 e. The van der Waals surface area contributed by atoms with Gasteiger partial charge < -0.3 is 9.64 Å². The minimum absolute atomic E-state index is 0.00107. The lowest BCUT2D eigenvalue weighted by molar-refractivity contribution is -0.133. The number of nitrogens with zero attached hydrogens (tertiary/aromatic N) is 2. The fourth-order valence-electron chi connectivity index (χ4n) is 3.66. The average molecular weight is 467 g/mol. The van der Waals surface area contributed by atoms with E-state index in [0.29, 0.717) is 25.1 Å². The van der Waals surface area contributed by atoms with E-state index in [2.05, 4.69) is 0 Å². The third-order valence-corrected chi connectivity index (χ3v) is 7.32. The van der Waals surface area contributed by atoms with Gasteiger partial charge in [0.25, 0.3) is 0 Å². The molecule has 0 bridgehead atoms. The third kappa shape index (κ3) is 6.57. The zero-order valence-corrected chi connectivity index (χ0v) is 18.9. The second-order valence-electron chi connectivity index (χ2n) is 7.92. The van der Waals surface area contributed by atoms with E-state index in [1.54, 1.807) is 17.0 Å². The molecule has 1 saturated heterocycles. The predicted molar refractivity (Wildman–Crippen MR) is 116 cm³/mol. The summed E-state index contributed by atoms with van der Waals surface area (Å²) >= 11 is 0. The molecule has 0 aromatic heterocycles. The first-order valence-corrected chi connectivity index (χ1v) is 12.1. The number of halogens is 2. The lowest BCUT2D eigenvalue weighted by Gasteiger charge is -2.26. The summed E-state index contributed by atoms with van der Waals surface area (Å²) in [5.41, 5.74) is 0.687. The largest absolute Gasteiger partial charge is 0.376 e. The van der Waals surface area contributed by atoms with Gasteiger partial charge in [0.15, 0.2) is 0 Å². The van der Waals surface area contributed by atoms with Crippen molar-refractivity contribution in [3.63, 3.8) is 0 Å². The summed E-state index contributed by atoms with van der Waals surface area (Å²) in [6.45, 7) is 1.48. The molecule has 1 unspecified atom stereocenters. The van der Waals surface area contributed by atoms with Crippen molar-refractivity contribution >= 4 is 15.9 Å². The molecular formula is C23H28F2N2O4S. The number of ether oxygens (including phenoxy) is 1. The molecule has 1 aliphatic heterocycles. The van der Waals surface area contributed by atoms with Crippen LogP contribution in [0.3, 0.4) is 0 Å². The Balaban J connectivity index is 1.59. The Kier molecular flexibility index (Phi) is 8.33. The van der Waals surface area contributed by atoms with E-state index in [1.807, 2.05) is 0 Å². The van der Waals surface area contributed by atoms with Gasteiger partial charge in [-0.05, 0) is 61.2 Å². The molecule has 0 radical (unpaired) electrons. The van der Waals surface area contributed by atoms with Crippen LogP contribution in [-0.4, -0.2) is 56.4 Å². The zero-order chi connectivity index (χ0) is 23.1. The van der Waals surface area contributed by atoms with Crippen LogP contribution in [0.2, 0.25) is 0 Å². The van der Waals surface area contributed by atoms with E-state index in [0.717, 1.165) is 29.3 Å². The standard InChI is InChI=1S/C23H28F2N2O4S/c1-26(32(29,30)22-11-9-19(24)10-12-22)13-3-8-23(28)27(17-21-7-4-14-31-21)16-18-5-2-6-20(25)15-18/h2,5-6,9-12,15,21H,3-4,7-8,13-14,16-17H2,1H3. The van der Waals surface area contributed by atoms with Crippen LogP contribution in [0.15, 0.2) is 53.4 Å².